The Bertz CT molecular complexity index is 1130. The lowest BCUT2D eigenvalue weighted by Gasteiger charge is -2.55. The second-order valence-corrected chi connectivity index (χ2v) is 11.2. The number of hydrogen-bond acceptors (Lipinski definition) is 3. The van der Waals surface area contributed by atoms with Crippen LogP contribution >= 0.6 is 11.6 Å². The minimum absolute atomic E-state index is 0.0157. The number of halogens is 1. The molecule has 0 spiro atoms. The van der Waals surface area contributed by atoms with Gasteiger partial charge in [0.1, 0.15) is 12.0 Å². The van der Waals surface area contributed by atoms with Crippen molar-refractivity contribution in [1.82, 2.24) is 10.1 Å². The van der Waals surface area contributed by atoms with Gasteiger partial charge in [0.2, 0.25) is 11.7 Å². The van der Waals surface area contributed by atoms with Gasteiger partial charge in [-0.25, -0.2) is 0 Å². The van der Waals surface area contributed by atoms with Gasteiger partial charge in [0.15, 0.2) is 0 Å². The number of aromatic nitrogens is 2. The normalized spacial score (nSPS) is 33.4. The fourth-order valence-corrected chi connectivity index (χ4v) is 7.34. The third kappa shape index (κ3) is 3.45. The molecule has 1 aliphatic carbocycles. The van der Waals surface area contributed by atoms with E-state index in [2.05, 4.69) is 43.4 Å². The van der Waals surface area contributed by atoms with Gasteiger partial charge in [-0.3, -0.25) is 0 Å². The van der Waals surface area contributed by atoms with Gasteiger partial charge in [-0.05, 0) is 37.0 Å². The molecule has 2 aliphatic heterocycles. The van der Waals surface area contributed by atoms with Crippen LogP contribution in [0.25, 0.3) is 11.4 Å². The predicted octanol–water partition coefficient (Wildman–Crippen LogP) is 6.61. The molecule has 0 radical (unpaired) electrons. The number of hydrogen-bond donors (Lipinski definition) is 0. The van der Waals surface area contributed by atoms with E-state index in [-0.39, 0.29) is 11.3 Å². The van der Waals surface area contributed by atoms with Crippen molar-refractivity contribution in [2.45, 2.75) is 68.9 Å². The SMILES string of the molecule is CCC1(c2ccc(Cl)cc2)CC2CCC(C1c1nc(-c3ccccc3)no1)[N+]2(C)CC1CC1. The number of benzene rings is 2. The maximum absolute atomic E-state index is 6.30. The molecule has 4 nitrogen and oxygen atoms in total. The summed E-state index contributed by atoms with van der Waals surface area (Å²) in [4.78, 5) is 5.05. The van der Waals surface area contributed by atoms with E-state index in [1.807, 2.05) is 30.3 Å². The lowest BCUT2D eigenvalue weighted by molar-refractivity contribution is -0.953. The van der Waals surface area contributed by atoms with E-state index in [1.54, 1.807) is 0 Å². The van der Waals surface area contributed by atoms with Crippen molar-refractivity contribution in [1.29, 1.82) is 0 Å². The molecule has 3 heterocycles. The largest absolute Gasteiger partial charge is 0.338 e. The standard InChI is InChI=1S/C28H33ClN3O/c1-3-28(21-11-13-22(29)14-12-21)17-23-15-16-24(32(23,2)18-19-9-10-19)25(28)27-30-26(31-33-27)20-7-5-4-6-8-20/h4-8,11-14,19,23-25H,3,9-10,15-18H2,1-2H3/q+1. The van der Waals surface area contributed by atoms with Crippen LogP contribution in [0.3, 0.4) is 0 Å². The zero-order valence-electron chi connectivity index (χ0n) is 19.6. The Morgan fingerprint density at radius 2 is 1.79 bits per heavy atom. The summed E-state index contributed by atoms with van der Waals surface area (Å²) in [6, 6.07) is 20.0. The summed E-state index contributed by atoms with van der Waals surface area (Å²) in [7, 11) is 2.52. The highest BCUT2D eigenvalue weighted by atomic mass is 35.5. The summed E-state index contributed by atoms with van der Waals surface area (Å²) in [5, 5.41) is 5.25. The van der Waals surface area contributed by atoms with Crippen LogP contribution in [0.1, 0.15) is 62.8 Å². The number of fused-ring (bicyclic) bond motifs is 2. The Morgan fingerprint density at radius 1 is 1.03 bits per heavy atom. The Hall–Kier alpha value is -2.17. The van der Waals surface area contributed by atoms with Gasteiger partial charge in [0.05, 0.1) is 19.6 Å². The van der Waals surface area contributed by atoms with Crippen molar-refractivity contribution in [3.8, 4) is 11.4 Å². The van der Waals surface area contributed by atoms with E-state index in [0.717, 1.165) is 28.8 Å². The van der Waals surface area contributed by atoms with Crippen LogP contribution in [0.4, 0.5) is 0 Å². The summed E-state index contributed by atoms with van der Waals surface area (Å²) < 4.78 is 7.30. The molecule has 0 N–H and O–H groups in total. The molecule has 5 unspecified atom stereocenters. The van der Waals surface area contributed by atoms with Gasteiger partial charge < -0.3 is 9.01 Å². The van der Waals surface area contributed by atoms with Gasteiger partial charge in [-0.2, -0.15) is 4.98 Å². The Labute approximate surface area is 201 Å². The van der Waals surface area contributed by atoms with E-state index < -0.39 is 0 Å². The second kappa shape index (κ2) is 7.95. The first kappa shape index (κ1) is 21.4. The summed E-state index contributed by atoms with van der Waals surface area (Å²) in [5.41, 5.74) is 2.36. The van der Waals surface area contributed by atoms with Gasteiger partial charge in [0.25, 0.3) is 0 Å². The Kier molecular flexibility index (Phi) is 5.15. The van der Waals surface area contributed by atoms with Crippen molar-refractivity contribution in [2.75, 3.05) is 13.6 Å². The molecule has 3 aromatic rings. The molecule has 3 aliphatic rings. The molecule has 2 bridgehead atoms. The molecule has 2 saturated heterocycles. The first-order valence-electron chi connectivity index (χ1n) is 12.5. The van der Waals surface area contributed by atoms with Crippen molar-refractivity contribution in [3.63, 3.8) is 0 Å². The highest BCUT2D eigenvalue weighted by Gasteiger charge is 2.64. The zero-order valence-corrected chi connectivity index (χ0v) is 20.3. The van der Waals surface area contributed by atoms with Crippen LogP contribution in [0.2, 0.25) is 5.02 Å². The number of likely N-dealkylation sites (N-methyl/N-ethyl adjacent to an activating group) is 1. The first-order valence-corrected chi connectivity index (χ1v) is 12.9. The monoisotopic (exact) mass is 462 g/mol. The molecule has 1 saturated carbocycles. The van der Waals surface area contributed by atoms with Gasteiger partial charge in [-0.15, -0.1) is 0 Å². The summed E-state index contributed by atoms with van der Waals surface area (Å²) in [6.07, 6.45) is 7.53. The summed E-state index contributed by atoms with van der Waals surface area (Å²) in [6.45, 7) is 3.64. The van der Waals surface area contributed by atoms with Crippen LogP contribution in [-0.4, -0.2) is 40.3 Å². The lowest BCUT2D eigenvalue weighted by Crippen LogP contribution is -2.65. The number of nitrogens with zero attached hydrogens (tertiary/aromatic N) is 3. The van der Waals surface area contributed by atoms with Gasteiger partial charge >= 0.3 is 0 Å². The maximum atomic E-state index is 6.30. The topological polar surface area (TPSA) is 38.9 Å². The minimum atomic E-state index is -0.0157. The first-order chi connectivity index (χ1) is 16.0. The van der Waals surface area contributed by atoms with Gasteiger partial charge in [-0.1, -0.05) is 66.1 Å². The van der Waals surface area contributed by atoms with E-state index in [4.69, 9.17) is 21.1 Å². The highest BCUT2D eigenvalue weighted by molar-refractivity contribution is 6.30. The molecular formula is C28H33ClN3O+. The average Bonchev–Trinajstić information content (AvgIpc) is 3.47. The number of rotatable bonds is 6. The number of piperidine rings is 1. The Balaban J connectivity index is 1.48. The van der Waals surface area contributed by atoms with Crippen LogP contribution < -0.4 is 0 Å². The third-order valence-corrected chi connectivity index (χ3v) is 9.36. The molecule has 5 atom stereocenters. The highest BCUT2D eigenvalue weighted by Crippen LogP contribution is 2.59. The fraction of sp³-hybridized carbons (Fsp3) is 0.500. The molecule has 33 heavy (non-hydrogen) atoms. The number of quaternary nitrogens is 1. The zero-order chi connectivity index (χ0) is 22.6. The van der Waals surface area contributed by atoms with Crippen molar-refractivity contribution in [2.24, 2.45) is 5.92 Å². The summed E-state index contributed by atoms with van der Waals surface area (Å²) in [5.74, 6) is 2.61. The fourth-order valence-electron chi connectivity index (χ4n) is 7.21. The molecule has 2 aromatic carbocycles. The quantitative estimate of drug-likeness (QED) is 0.387. The van der Waals surface area contributed by atoms with Crippen molar-refractivity contribution < 1.29 is 9.01 Å². The molecular weight excluding hydrogens is 430 g/mol. The van der Waals surface area contributed by atoms with Crippen LogP contribution in [-0.2, 0) is 5.41 Å². The smallest absolute Gasteiger partial charge is 0.237 e. The van der Waals surface area contributed by atoms with Crippen molar-refractivity contribution in [3.05, 3.63) is 71.1 Å². The van der Waals surface area contributed by atoms with Gasteiger partial charge in [0, 0.05) is 41.2 Å². The minimum Gasteiger partial charge on any atom is -0.338 e. The molecule has 0 amide bonds. The maximum Gasteiger partial charge on any atom is 0.237 e. The average molecular weight is 463 g/mol. The molecule has 5 heteroatoms. The third-order valence-electron chi connectivity index (χ3n) is 9.11. The van der Waals surface area contributed by atoms with E-state index in [9.17, 15) is 0 Å². The predicted molar refractivity (Wildman–Crippen MR) is 131 cm³/mol. The van der Waals surface area contributed by atoms with E-state index in [0.29, 0.717) is 17.9 Å². The van der Waals surface area contributed by atoms with Crippen LogP contribution in [0.5, 0.6) is 0 Å². The summed E-state index contributed by atoms with van der Waals surface area (Å²) >= 11 is 6.30. The Morgan fingerprint density at radius 3 is 2.48 bits per heavy atom. The second-order valence-electron chi connectivity index (χ2n) is 10.8. The molecule has 1 aromatic heterocycles. The van der Waals surface area contributed by atoms with Crippen LogP contribution in [0, 0.1) is 5.92 Å². The lowest BCUT2D eigenvalue weighted by atomic mass is 9.60. The van der Waals surface area contributed by atoms with E-state index >= 15 is 0 Å². The molecule has 6 rings (SSSR count). The van der Waals surface area contributed by atoms with E-state index in [1.165, 1.54) is 48.7 Å². The van der Waals surface area contributed by atoms with Crippen LogP contribution in [0.15, 0.2) is 59.1 Å². The molecule has 172 valence electrons. The molecule has 3 fully saturated rings. The van der Waals surface area contributed by atoms with Crippen molar-refractivity contribution >= 4 is 11.6 Å².